The van der Waals surface area contributed by atoms with Crippen molar-refractivity contribution in [2.75, 3.05) is 18.4 Å². The summed E-state index contributed by atoms with van der Waals surface area (Å²) in [5.41, 5.74) is 2.43. The number of amides is 1. The predicted molar refractivity (Wildman–Crippen MR) is 94.8 cm³/mol. The van der Waals surface area contributed by atoms with Crippen LogP contribution in [0.4, 0.5) is 5.13 Å². The molecule has 3 heterocycles. The van der Waals surface area contributed by atoms with E-state index in [0.29, 0.717) is 5.13 Å². The molecule has 126 valence electrons. The third-order valence-electron chi connectivity index (χ3n) is 3.86. The van der Waals surface area contributed by atoms with E-state index < -0.39 is 0 Å². The van der Waals surface area contributed by atoms with E-state index in [1.165, 1.54) is 23.8 Å². The quantitative estimate of drug-likeness (QED) is 0.892. The molecule has 0 aromatic carbocycles. The first kappa shape index (κ1) is 16.6. The number of pyridine rings is 1. The lowest BCUT2D eigenvalue weighted by Crippen LogP contribution is -2.29. The van der Waals surface area contributed by atoms with Crippen LogP contribution < -0.4 is 5.32 Å². The van der Waals surface area contributed by atoms with Gasteiger partial charge in [-0.25, -0.2) is 9.97 Å². The highest BCUT2D eigenvalue weighted by molar-refractivity contribution is 7.15. The Morgan fingerprint density at radius 1 is 1.33 bits per heavy atom. The Kier molecular flexibility index (Phi) is 5.22. The molecule has 7 heteroatoms. The van der Waals surface area contributed by atoms with Gasteiger partial charge in [0.05, 0.1) is 0 Å². The maximum absolute atomic E-state index is 11.0. The molecule has 1 fully saturated rings. The first-order valence-electron chi connectivity index (χ1n) is 7.87. The van der Waals surface area contributed by atoms with E-state index in [0.717, 1.165) is 42.9 Å². The molecule has 0 saturated carbocycles. The fourth-order valence-electron chi connectivity index (χ4n) is 2.67. The minimum atomic E-state index is -0.0904. The van der Waals surface area contributed by atoms with Gasteiger partial charge in [-0.15, -0.1) is 11.3 Å². The van der Waals surface area contributed by atoms with E-state index in [2.05, 4.69) is 26.3 Å². The first-order valence-corrected chi connectivity index (χ1v) is 8.69. The Bertz CT molecular complexity index is 729. The number of nitrogens with one attached hydrogen (secondary N) is 1. The van der Waals surface area contributed by atoms with Gasteiger partial charge in [-0.05, 0) is 24.5 Å². The molecule has 6 nitrogen and oxygen atoms in total. The van der Waals surface area contributed by atoms with Gasteiger partial charge in [-0.3, -0.25) is 9.69 Å². The van der Waals surface area contributed by atoms with Crippen molar-refractivity contribution in [3.8, 4) is 5.88 Å². The summed E-state index contributed by atoms with van der Waals surface area (Å²) in [5, 5.41) is 12.6. The lowest BCUT2D eigenvalue weighted by Gasteiger charge is -2.27. The highest BCUT2D eigenvalue weighted by atomic mass is 32.1. The average molecular weight is 344 g/mol. The van der Waals surface area contributed by atoms with Crippen LogP contribution in [-0.2, 0) is 11.3 Å². The highest BCUT2D eigenvalue weighted by Gasteiger charge is 2.15. The number of nitrogens with zero attached hydrogens (tertiary/aromatic N) is 3. The lowest BCUT2D eigenvalue weighted by atomic mass is 10.0. The summed E-state index contributed by atoms with van der Waals surface area (Å²) < 4.78 is 0. The van der Waals surface area contributed by atoms with Gasteiger partial charge in [-0.1, -0.05) is 11.6 Å². The number of piperidine rings is 1. The van der Waals surface area contributed by atoms with Crippen molar-refractivity contribution in [1.82, 2.24) is 14.9 Å². The number of likely N-dealkylation sites (tertiary alicyclic amines) is 1. The van der Waals surface area contributed by atoms with Gasteiger partial charge in [0, 0.05) is 49.9 Å². The van der Waals surface area contributed by atoms with Crippen LogP contribution in [0, 0.1) is 0 Å². The fraction of sp³-hybridized carbons (Fsp3) is 0.353. The van der Waals surface area contributed by atoms with Crippen LogP contribution in [0.5, 0.6) is 5.88 Å². The third-order valence-corrected chi connectivity index (χ3v) is 4.75. The average Bonchev–Trinajstić information content (AvgIpc) is 2.98. The normalized spacial score (nSPS) is 15.3. The number of aromatic hydroxyl groups is 1. The van der Waals surface area contributed by atoms with Gasteiger partial charge >= 0.3 is 0 Å². The van der Waals surface area contributed by atoms with Gasteiger partial charge in [0.15, 0.2) is 5.13 Å². The van der Waals surface area contributed by atoms with Crippen molar-refractivity contribution < 1.29 is 9.90 Å². The molecule has 0 unspecified atom stereocenters. The number of anilines is 1. The second kappa shape index (κ2) is 7.55. The number of hydrogen-bond acceptors (Lipinski definition) is 6. The molecular weight excluding hydrogens is 324 g/mol. The van der Waals surface area contributed by atoms with Crippen molar-refractivity contribution in [2.45, 2.75) is 26.3 Å². The van der Waals surface area contributed by atoms with Gasteiger partial charge in [-0.2, -0.15) is 0 Å². The highest BCUT2D eigenvalue weighted by Crippen LogP contribution is 2.24. The van der Waals surface area contributed by atoms with Gasteiger partial charge in [0.25, 0.3) is 0 Å². The minimum Gasteiger partial charge on any atom is -0.493 e. The number of carbonyl (C=O) groups is 1. The van der Waals surface area contributed by atoms with Gasteiger partial charge in [0.1, 0.15) is 0 Å². The van der Waals surface area contributed by atoms with Crippen LogP contribution in [0.1, 0.15) is 30.2 Å². The van der Waals surface area contributed by atoms with Crippen LogP contribution in [0.3, 0.4) is 0 Å². The van der Waals surface area contributed by atoms with E-state index >= 15 is 0 Å². The molecule has 2 aromatic heterocycles. The predicted octanol–water partition coefficient (Wildman–Crippen LogP) is 2.88. The molecule has 2 N–H and O–H groups in total. The number of thiazole rings is 1. The molecular formula is C17H20N4O2S. The third kappa shape index (κ3) is 4.62. The fourth-order valence-corrected chi connectivity index (χ4v) is 3.57. The Morgan fingerprint density at radius 3 is 2.79 bits per heavy atom. The standard InChI is InChI=1S/C17H20N4O2S/c1-12(22)20-17-19-10-15(24-17)11-21-6-4-13(5-7-21)8-14-2-3-16(23)18-9-14/h2-3,8-10H,4-7,11H2,1H3,(H,18,23)(H,19,20,22). The molecule has 1 aliphatic heterocycles. The van der Waals surface area contributed by atoms with Crippen LogP contribution in [-0.4, -0.2) is 39.0 Å². The smallest absolute Gasteiger partial charge is 0.223 e. The number of hydrogen-bond donors (Lipinski definition) is 2. The Labute approximate surface area is 144 Å². The largest absolute Gasteiger partial charge is 0.493 e. The SMILES string of the molecule is CC(=O)Nc1ncc(CN2CCC(=Cc3ccc(O)nc3)CC2)s1. The van der Waals surface area contributed by atoms with Crippen molar-refractivity contribution >= 4 is 28.5 Å². The Hall–Kier alpha value is -2.25. The summed E-state index contributed by atoms with van der Waals surface area (Å²) in [7, 11) is 0. The van der Waals surface area contributed by atoms with Crippen LogP contribution in [0.25, 0.3) is 6.08 Å². The molecule has 1 saturated heterocycles. The summed E-state index contributed by atoms with van der Waals surface area (Å²) in [5.74, 6) is -0.0393. The monoisotopic (exact) mass is 344 g/mol. The zero-order valence-corrected chi connectivity index (χ0v) is 14.3. The maximum Gasteiger partial charge on any atom is 0.223 e. The molecule has 2 aromatic rings. The summed E-state index contributed by atoms with van der Waals surface area (Å²) >= 11 is 1.53. The maximum atomic E-state index is 11.0. The summed E-state index contributed by atoms with van der Waals surface area (Å²) in [6.45, 7) is 4.36. The second-order valence-corrected chi connectivity index (χ2v) is 6.96. The first-order chi connectivity index (χ1) is 11.6. The van der Waals surface area contributed by atoms with Gasteiger partial charge in [0.2, 0.25) is 11.8 Å². The molecule has 3 rings (SSSR count). The van der Waals surface area contributed by atoms with E-state index in [1.807, 2.05) is 12.3 Å². The molecule has 0 radical (unpaired) electrons. The van der Waals surface area contributed by atoms with Crippen molar-refractivity contribution in [3.63, 3.8) is 0 Å². The number of rotatable bonds is 4. The molecule has 0 bridgehead atoms. The molecule has 0 atom stereocenters. The van der Waals surface area contributed by atoms with Gasteiger partial charge < -0.3 is 10.4 Å². The van der Waals surface area contributed by atoms with E-state index in [4.69, 9.17) is 0 Å². The van der Waals surface area contributed by atoms with Crippen LogP contribution in [0.15, 0.2) is 30.1 Å². The molecule has 0 spiro atoms. The van der Waals surface area contributed by atoms with Crippen LogP contribution >= 0.6 is 11.3 Å². The zero-order valence-electron chi connectivity index (χ0n) is 13.5. The van der Waals surface area contributed by atoms with Crippen LogP contribution in [0.2, 0.25) is 0 Å². The number of carbonyl (C=O) groups excluding carboxylic acids is 1. The molecule has 1 aliphatic rings. The second-order valence-electron chi connectivity index (χ2n) is 5.84. The zero-order chi connectivity index (χ0) is 16.9. The summed E-state index contributed by atoms with van der Waals surface area (Å²) in [6.07, 6.45) is 7.74. The minimum absolute atomic E-state index is 0.0511. The molecule has 1 amide bonds. The van der Waals surface area contributed by atoms with E-state index in [9.17, 15) is 9.90 Å². The summed E-state index contributed by atoms with van der Waals surface area (Å²) in [6, 6.07) is 3.49. The number of aromatic nitrogens is 2. The lowest BCUT2D eigenvalue weighted by molar-refractivity contribution is -0.114. The van der Waals surface area contributed by atoms with Crippen molar-refractivity contribution in [1.29, 1.82) is 0 Å². The molecule has 24 heavy (non-hydrogen) atoms. The van der Waals surface area contributed by atoms with E-state index in [1.54, 1.807) is 12.3 Å². The van der Waals surface area contributed by atoms with E-state index in [-0.39, 0.29) is 11.8 Å². The Morgan fingerprint density at radius 2 is 2.12 bits per heavy atom. The summed E-state index contributed by atoms with van der Waals surface area (Å²) in [4.78, 5) is 22.7. The molecule has 0 aliphatic carbocycles. The van der Waals surface area contributed by atoms with Crippen molar-refractivity contribution in [3.05, 3.63) is 40.5 Å². The van der Waals surface area contributed by atoms with Crippen molar-refractivity contribution in [2.24, 2.45) is 0 Å². The topological polar surface area (TPSA) is 78.4 Å². The Balaban J connectivity index is 1.52.